The molecule has 0 saturated carbocycles. The molecule has 0 radical (unpaired) electrons. The van der Waals surface area contributed by atoms with Crippen LogP contribution in [0.1, 0.15) is 37.7 Å². The molecule has 2 heteroatoms. The minimum absolute atomic E-state index is 0.115. The number of fused-ring (bicyclic) bond motifs is 3. The van der Waals surface area contributed by atoms with Crippen LogP contribution in [0.5, 0.6) is 0 Å². The predicted molar refractivity (Wildman–Crippen MR) is 82.8 cm³/mol. The Morgan fingerprint density at radius 3 is 2.55 bits per heavy atom. The van der Waals surface area contributed by atoms with Crippen molar-refractivity contribution in [3.8, 4) is 11.1 Å². The van der Waals surface area contributed by atoms with Gasteiger partial charge in [0.2, 0.25) is 5.91 Å². The van der Waals surface area contributed by atoms with Crippen LogP contribution in [0.3, 0.4) is 0 Å². The molecule has 2 aromatic carbocycles. The van der Waals surface area contributed by atoms with E-state index in [0.717, 1.165) is 24.1 Å². The van der Waals surface area contributed by atoms with Crippen LogP contribution < -0.4 is 5.32 Å². The number of anilines is 1. The molecular formula is C18H19NO. The molecule has 3 rings (SSSR count). The molecule has 2 nitrogen and oxygen atoms in total. The van der Waals surface area contributed by atoms with Crippen LogP contribution in [0.2, 0.25) is 0 Å². The molecular weight excluding hydrogens is 246 g/mol. The van der Waals surface area contributed by atoms with Crippen molar-refractivity contribution in [3.63, 3.8) is 0 Å². The third-order valence-electron chi connectivity index (χ3n) is 4.10. The largest absolute Gasteiger partial charge is 0.326 e. The maximum atomic E-state index is 12.1. The second-order valence-electron chi connectivity index (χ2n) is 5.32. The van der Waals surface area contributed by atoms with Gasteiger partial charge in [0.1, 0.15) is 0 Å². The number of benzene rings is 2. The zero-order chi connectivity index (χ0) is 13.9. The van der Waals surface area contributed by atoms with Crippen molar-refractivity contribution < 1.29 is 4.79 Å². The molecule has 1 N–H and O–H groups in total. The van der Waals surface area contributed by atoms with Gasteiger partial charge in [-0.15, -0.1) is 0 Å². The maximum absolute atomic E-state index is 12.1. The second kappa shape index (κ2) is 5.49. The van der Waals surface area contributed by atoms with Crippen LogP contribution in [0, 0.1) is 0 Å². The van der Waals surface area contributed by atoms with E-state index in [9.17, 15) is 4.79 Å². The van der Waals surface area contributed by atoms with E-state index in [1.54, 1.807) is 0 Å². The Labute approximate surface area is 119 Å². The number of nitrogens with one attached hydrogen (secondary N) is 1. The van der Waals surface area contributed by atoms with Gasteiger partial charge in [-0.05, 0) is 36.0 Å². The lowest BCUT2D eigenvalue weighted by atomic mass is 9.86. The maximum Gasteiger partial charge on any atom is 0.224 e. The standard InChI is InChI=1S/C18H19NO/c1-2-13-11-12-18(20)19-17-10-6-5-9-16(17)15-8-4-3-7-14(13)15/h3-10,13H,2,11-12H2,1H3,(H,19,20). The second-order valence-corrected chi connectivity index (χ2v) is 5.32. The highest BCUT2D eigenvalue weighted by molar-refractivity contribution is 5.96. The van der Waals surface area contributed by atoms with E-state index in [0.29, 0.717) is 12.3 Å². The summed E-state index contributed by atoms with van der Waals surface area (Å²) >= 11 is 0. The Balaban J connectivity index is 2.22. The van der Waals surface area contributed by atoms with Crippen LogP contribution >= 0.6 is 0 Å². The highest BCUT2D eigenvalue weighted by atomic mass is 16.1. The van der Waals surface area contributed by atoms with E-state index in [1.165, 1.54) is 11.1 Å². The first-order valence-electron chi connectivity index (χ1n) is 7.27. The van der Waals surface area contributed by atoms with Crippen LogP contribution in [-0.4, -0.2) is 5.91 Å². The van der Waals surface area contributed by atoms with Crippen molar-refractivity contribution in [3.05, 3.63) is 54.1 Å². The third kappa shape index (κ3) is 2.34. The molecule has 0 aromatic heterocycles. The minimum Gasteiger partial charge on any atom is -0.326 e. The first-order chi connectivity index (χ1) is 9.79. The van der Waals surface area contributed by atoms with Gasteiger partial charge < -0.3 is 5.32 Å². The van der Waals surface area contributed by atoms with Gasteiger partial charge in [-0.3, -0.25) is 4.79 Å². The SMILES string of the molecule is CCC1CCC(=O)Nc2ccccc2-c2ccccc21. The molecule has 0 aliphatic carbocycles. The number of para-hydroxylation sites is 1. The normalized spacial score (nSPS) is 18.1. The van der Waals surface area contributed by atoms with E-state index in [4.69, 9.17) is 0 Å². The first kappa shape index (κ1) is 12.9. The fourth-order valence-corrected chi connectivity index (χ4v) is 3.02. The van der Waals surface area contributed by atoms with Gasteiger partial charge in [-0.2, -0.15) is 0 Å². The number of hydrogen-bond acceptors (Lipinski definition) is 1. The lowest BCUT2D eigenvalue weighted by Crippen LogP contribution is -2.12. The number of amides is 1. The number of rotatable bonds is 1. The molecule has 1 atom stereocenters. The van der Waals surface area contributed by atoms with E-state index in [2.05, 4.69) is 42.6 Å². The molecule has 1 aliphatic rings. The quantitative estimate of drug-likeness (QED) is 0.803. The molecule has 0 bridgehead atoms. The minimum atomic E-state index is 0.115. The van der Waals surface area contributed by atoms with Crippen molar-refractivity contribution in [2.45, 2.75) is 32.1 Å². The molecule has 1 amide bonds. The van der Waals surface area contributed by atoms with Gasteiger partial charge in [-0.1, -0.05) is 49.4 Å². The smallest absolute Gasteiger partial charge is 0.224 e. The number of hydrogen-bond donors (Lipinski definition) is 1. The monoisotopic (exact) mass is 265 g/mol. The first-order valence-corrected chi connectivity index (χ1v) is 7.27. The van der Waals surface area contributed by atoms with E-state index < -0.39 is 0 Å². The van der Waals surface area contributed by atoms with Crippen LogP contribution in [0.15, 0.2) is 48.5 Å². The van der Waals surface area contributed by atoms with Crippen LogP contribution in [-0.2, 0) is 4.79 Å². The summed E-state index contributed by atoms with van der Waals surface area (Å²) < 4.78 is 0. The molecule has 0 saturated heterocycles. The number of carbonyl (C=O) groups excluding carboxylic acids is 1. The summed E-state index contributed by atoms with van der Waals surface area (Å²) in [5, 5.41) is 3.05. The Morgan fingerprint density at radius 2 is 1.75 bits per heavy atom. The van der Waals surface area contributed by atoms with Gasteiger partial charge in [0, 0.05) is 17.7 Å². The van der Waals surface area contributed by atoms with Crippen LogP contribution in [0.4, 0.5) is 5.69 Å². The van der Waals surface area contributed by atoms with Crippen molar-refractivity contribution in [1.29, 1.82) is 0 Å². The summed E-state index contributed by atoms with van der Waals surface area (Å²) in [7, 11) is 0. The summed E-state index contributed by atoms with van der Waals surface area (Å²) in [4.78, 5) is 12.1. The summed E-state index contributed by atoms with van der Waals surface area (Å²) in [5.41, 5.74) is 4.65. The molecule has 1 heterocycles. The van der Waals surface area contributed by atoms with Crippen molar-refractivity contribution in [2.75, 3.05) is 5.32 Å². The molecule has 102 valence electrons. The van der Waals surface area contributed by atoms with Crippen molar-refractivity contribution in [2.24, 2.45) is 0 Å². The molecule has 20 heavy (non-hydrogen) atoms. The predicted octanol–water partition coefficient (Wildman–Crippen LogP) is 4.58. The van der Waals surface area contributed by atoms with E-state index in [-0.39, 0.29) is 5.91 Å². The molecule has 0 spiro atoms. The summed E-state index contributed by atoms with van der Waals surface area (Å²) in [6.45, 7) is 2.20. The lowest BCUT2D eigenvalue weighted by molar-refractivity contribution is -0.116. The highest BCUT2D eigenvalue weighted by Gasteiger charge is 2.20. The zero-order valence-electron chi connectivity index (χ0n) is 11.7. The van der Waals surface area contributed by atoms with Gasteiger partial charge >= 0.3 is 0 Å². The summed E-state index contributed by atoms with van der Waals surface area (Å²) in [6, 6.07) is 16.6. The fraction of sp³-hybridized carbons (Fsp3) is 0.278. The van der Waals surface area contributed by atoms with Gasteiger partial charge in [0.05, 0.1) is 0 Å². The van der Waals surface area contributed by atoms with Crippen LogP contribution in [0.25, 0.3) is 11.1 Å². The Kier molecular flexibility index (Phi) is 3.55. The van der Waals surface area contributed by atoms with E-state index >= 15 is 0 Å². The van der Waals surface area contributed by atoms with Gasteiger partial charge in [-0.25, -0.2) is 0 Å². The van der Waals surface area contributed by atoms with Crippen molar-refractivity contribution in [1.82, 2.24) is 0 Å². The van der Waals surface area contributed by atoms with Crippen molar-refractivity contribution >= 4 is 11.6 Å². The third-order valence-corrected chi connectivity index (χ3v) is 4.10. The van der Waals surface area contributed by atoms with E-state index in [1.807, 2.05) is 18.2 Å². The lowest BCUT2D eigenvalue weighted by Gasteiger charge is -2.18. The molecule has 1 unspecified atom stereocenters. The number of carbonyl (C=O) groups is 1. The fourth-order valence-electron chi connectivity index (χ4n) is 3.02. The Bertz CT molecular complexity index is 633. The average molecular weight is 265 g/mol. The summed E-state index contributed by atoms with van der Waals surface area (Å²) in [6.07, 6.45) is 2.56. The molecule has 1 aliphatic heterocycles. The Hall–Kier alpha value is -2.09. The topological polar surface area (TPSA) is 29.1 Å². The highest BCUT2D eigenvalue weighted by Crippen LogP contribution is 2.38. The Morgan fingerprint density at radius 1 is 1.05 bits per heavy atom. The zero-order valence-corrected chi connectivity index (χ0v) is 11.7. The van der Waals surface area contributed by atoms with Gasteiger partial charge in [0.15, 0.2) is 0 Å². The average Bonchev–Trinajstić information content (AvgIpc) is 2.54. The molecule has 2 aromatic rings. The summed E-state index contributed by atoms with van der Waals surface area (Å²) in [5.74, 6) is 0.562. The molecule has 0 fully saturated rings. The van der Waals surface area contributed by atoms with Gasteiger partial charge in [0.25, 0.3) is 0 Å².